The van der Waals surface area contributed by atoms with Gasteiger partial charge in [0, 0.05) is 49.6 Å². The molecule has 0 aliphatic rings. The Kier molecular flexibility index (Phi) is 7.33. The average Bonchev–Trinajstić information content (AvgIpc) is 3.58. The molecule has 4 aromatic heterocycles. The van der Waals surface area contributed by atoms with E-state index in [0.717, 1.165) is 56.0 Å². The van der Waals surface area contributed by atoms with Crippen molar-refractivity contribution in [3.63, 3.8) is 0 Å². The van der Waals surface area contributed by atoms with E-state index < -0.39 is 0 Å². The quantitative estimate of drug-likeness (QED) is 0.190. The first-order valence-corrected chi connectivity index (χ1v) is 12.2. The van der Waals surface area contributed by atoms with Crippen molar-refractivity contribution in [1.82, 2.24) is 29.5 Å². The summed E-state index contributed by atoms with van der Waals surface area (Å²) in [5.41, 5.74) is 9.40. The Morgan fingerprint density at radius 1 is 0.846 bits per heavy atom. The van der Waals surface area contributed by atoms with Crippen LogP contribution < -0.4 is 5.10 Å². The molecule has 195 valence electrons. The minimum absolute atomic E-state index is 0. The van der Waals surface area contributed by atoms with Crippen LogP contribution in [0.25, 0.3) is 50.4 Å². The van der Waals surface area contributed by atoms with Crippen LogP contribution in [0.5, 0.6) is 0 Å². The first kappa shape index (κ1) is 26.4. The molecule has 0 atom stereocenters. The SMILES string of the molecule is Cc1cc(C)c(-c2nc3cc(F)c[c-]c3c3nc4ccccc4n23)c(C)c1.[Ir].c1ccc(-c2ccn[n-]2)nc1. The van der Waals surface area contributed by atoms with Gasteiger partial charge >= 0.3 is 0 Å². The molecule has 1 radical (unpaired) electrons. The predicted molar refractivity (Wildman–Crippen MR) is 147 cm³/mol. The van der Waals surface area contributed by atoms with E-state index >= 15 is 0 Å². The van der Waals surface area contributed by atoms with Gasteiger partial charge in [-0.25, -0.2) is 0 Å². The fraction of sp³-hybridized carbons (Fsp3) is 0.0968. The molecule has 7 rings (SSSR count). The number of hydrogen-bond acceptors (Lipinski definition) is 4. The minimum Gasteiger partial charge on any atom is -0.574 e. The number of imidazole rings is 1. The van der Waals surface area contributed by atoms with Crippen LogP contribution in [0, 0.1) is 32.7 Å². The summed E-state index contributed by atoms with van der Waals surface area (Å²) in [6.07, 6.45) is 3.40. The molecule has 0 fully saturated rings. The maximum atomic E-state index is 13.9. The van der Waals surface area contributed by atoms with Crippen molar-refractivity contribution >= 4 is 27.6 Å². The van der Waals surface area contributed by atoms with Crippen molar-refractivity contribution in [3.05, 3.63) is 114 Å². The fourth-order valence-corrected chi connectivity index (χ4v) is 4.88. The monoisotopic (exact) mass is 691 g/mol. The summed E-state index contributed by atoms with van der Waals surface area (Å²) in [6.45, 7) is 6.26. The fourth-order valence-electron chi connectivity index (χ4n) is 4.88. The third-order valence-corrected chi connectivity index (χ3v) is 6.40. The summed E-state index contributed by atoms with van der Waals surface area (Å²) >= 11 is 0. The summed E-state index contributed by atoms with van der Waals surface area (Å²) in [6, 6.07) is 25.6. The van der Waals surface area contributed by atoms with Crippen LogP contribution in [0.1, 0.15) is 16.7 Å². The number of aryl methyl sites for hydroxylation is 3. The van der Waals surface area contributed by atoms with Gasteiger partial charge < -0.3 is 14.6 Å². The Hall–Kier alpha value is -4.26. The van der Waals surface area contributed by atoms with E-state index in [4.69, 9.17) is 9.97 Å². The Balaban J connectivity index is 0.000000216. The molecule has 4 heterocycles. The van der Waals surface area contributed by atoms with E-state index in [1.54, 1.807) is 12.4 Å². The summed E-state index contributed by atoms with van der Waals surface area (Å²) in [4.78, 5) is 13.8. The Morgan fingerprint density at radius 2 is 1.62 bits per heavy atom. The number of rotatable bonds is 2. The molecule has 0 saturated carbocycles. The average molecular weight is 691 g/mol. The van der Waals surface area contributed by atoms with Crippen molar-refractivity contribution in [3.8, 4) is 22.8 Å². The molecule has 0 aliphatic heterocycles. The summed E-state index contributed by atoms with van der Waals surface area (Å²) in [5.74, 6) is 0.430. The van der Waals surface area contributed by atoms with Crippen LogP contribution in [-0.2, 0) is 20.1 Å². The van der Waals surface area contributed by atoms with Gasteiger partial charge in [-0.15, -0.1) is 12.1 Å². The standard InChI is InChI=1S/C23H17FN3.C8H6N3.Ir/c1-13-10-14(2)21(15(3)11-13)23-26-19-12-16(24)8-9-17(19)22-25-18-6-4-5-7-20(18)27(22)23;1-2-5-9-7(3-1)8-4-6-10-11-8;/h4-8,10-12H,1-3H3;1-6H;/q2*-1;. The molecule has 0 saturated heterocycles. The second-order valence-electron chi connectivity index (χ2n) is 9.18. The number of benzene rings is 3. The van der Waals surface area contributed by atoms with Gasteiger partial charge in [-0.3, -0.25) is 19.3 Å². The molecule has 0 N–H and O–H groups in total. The van der Waals surface area contributed by atoms with Crippen molar-refractivity contribution < 1.29 is 24.5 Å². The number of fused-ring (bicyclic) bond motifs is 5. The van der Waals surface area contributed by atoms with Crippen molar-refractivity contribution in [2.45, 2.75) is 20.8 Å². The molecule has 0 unspecified atom stereocenters. The van der Waals surface area contributed by atoms with Gasteiger partial charge in [0.1, 0.15) is 5.82 Å². The van der Waals surface area contributed by atoms with Crippen LogP contribution in [0.3, 0.4) is 0 Å². The molecule has 8 heteroatoms. The molecule has 0 bridgehead atoms. The Morgan fingerprint density at radius 3 is 2.33 bits per heavy atom. The topological polar surface area (TPSA) is 70.1 Å². The molecule has 6 nitrogen and oxygen atoms in total. The largest absolute Gasteiger partial charge is 0.574 e. The van der Waals surface area contributed by atoms with Crippen molar-refractivity contribution in [2.24, 2.45) is 0 Å². The zero-order valence-corrected chi connectivity index (χ0v) is 23.9. The van der Waals surface area contributed by atoms with Crippen molar-refractivity contribution in [2.75, 3.05) is 0 Å². The number of aromatic nitrogens is 6. The van der Waals surface area contributed by atoms with Crippen LogP contribution >= 0.6 is 0 Å². The molecular weight excluding hydrogens is 668 g/mol. The summed E-state index contributed by atoms with van der Waals surface area (Å²) in [5, 5.41) is 8.30. The first-order valence-electron chi connectivity index (χ1n) is 12.2. The summed E-state index contributed by atoms with van der Waals surface area (Å²) in [7, 11) is 0. The summed E-state index contributed by atoms with van der Waals surface area (Å²) < 4.78 is 16.0. The van der Waals surface area contributed by atoms with E-state index in [0.29, 0.717) is 5.52 Å². The number of nitrogens with zero attached hydrogens (tertiary/aromatic N) is 6. The maximum Gasteiger partial charge on any atom is 0.128 e. The first-order chi connectivity index (χ1) is 18.5. The number of hydrogen-bond donors (Lipinski definition) is 0. The third-order valence-electron chi connectivity index (χ3n) is 6.40. The second kappa shape index (κ2) is 10.8. The number of para-hydroxylation sites is 2. The van der Waals surface area contributed by atoms with Crippen molar-refractivity contribution in [1.29, 1.82) is 0 Å². The van der Waals surface area contributed by atoms with Gasteiger partial charge in [0.2, 0.25) is 0 Å². The smallest absolute Gasteiger partial charge is 0.128 e. The predicted octanol–water partition coefficient (Wildman–Crippen LogP) is 6.67. The third kappa shape index (κ3) is 4.96. The van der Waals surface area contributed by atoms with Gasteiger partial charge in [0.05, 0.1) is 16.7 Å². The zero-order valence-electron chi connectivity index (χ0n) is 21.5. The van der Waals surface area contributed by atoms with E-state index in [1.807, 2.05) is 48.5 Å². The molecule has 3 aromatic carbocycles. The van der Waals surface area contributed by atoms with Gasteiger partial charge in [-0.2, -0.15) is 0 Å². The number of halogens is 1. The van der Waals surface area contributed by atoms with Crippen LogP contribution in [0.15, 0.2) is 85.2 Å². The van der Waals surface area contributed by atoms with E-state index in [9.17, 15) is 4.39 Å². The van der Waals surface area contributed by atoms with E-state index in [-0.39, 0.29) is 25.9 Å². The Labute approximate surface area is 238 Å². The molecule has 7 aromatic rings. The Bertz CT molecular complexity index is 1890. The van der Waals surface area contributed by atoms with E-state index in [2.05, 4.69) is 58.6 Å². The van der Waals surface area contributed by atoms with Gasteiger partial charge in [-0.1, -0.05) is 59.1 Å². The molecule has 0 aliphatic carbocycles. The van der Waals surface area contributed by atoms with Gasteiger partial charge in [-0.05, 0) is 61.7 Å². The number of pyridine rings is 1. The maximum absolute atomic E-state index is 13.9. The van der Waals surface area contributed by atoms with Gasteiger partial charge in [0.15, 0.2) is 0 Å². The molecular formula is C31H23FIrN6-2. The van der Waals surface area contributed by atoms with Gasteiger partial charge in [0.25, 0.3) is 0 Å². The minimum atomic E-state index is -0.348. The molecule has 0 amide bonds. The second-order valence-corrected chi connectivity index (χ2v) is 9.18. The van der Waals surface area contributed by atoms with Crippen LogP contribution in [0.4, 0.5) is 4.39 Å². The van der Waals surface area contributed by atoms with Crippen LogP contribution in [0.2, 0.25) is 0 Å². The van der Waals surface area contributed by atoms with Crippen LogP contribution in [-0.4, -0.2) is 24.5 Å². The normalized spacial score (nSPS) is 10.9. The van der Waals surface area contributed by atoms with E-state index in [1.165, 1.54) is 17.7 Å². The molecule has 0 spiro atoms. The molecule has 39 heavy (non-hydrogen) atoms. The zero-order chi connectivity index (χ0) is 26.2.